The summed E-state index contributed by atoms with van der Waals surface area (Å²) in [6.45, 7) is 2.84. The fourth-order valence-electron chi connectivity index (χ4n) is 9.02. The van der Waals surface area contributed by atoms with Gasteiger partial charge in [-0.3, -0.25) is 57.5 Å². The van der Waals surface area contributed by atoms with Crippen LogP contribution in [0.15, 0.2) is 24.3 Å². The summed E-state index contributed by atoms with van der Waals surface area (Å²) < 4.78 is 0. The van der Waals surface area contributed by atoms with Gasteiger partial charge in [-0.15, -0.1) is 0 Å². The van der Waals surface area contributed by atoms with Crippen molar-refractivity contribution < 1.29 is 67.7 Å². The molecule has 428 valence electrons. The lowest BCUT2D eigenvalue weighted by molar-refractivity contribution is -0.143. The molecule has 2 saturated heterocycles. The van der Waals surface area contributed by atoms with Gasteiger partial charge in [0.25, 0.3) is 0 Å². The highest BCUT2D eigenvalue weighted by atomic mass is 16.3. The van der Waals surface area contributed by atoms with Crippen LogP contribution >= 0.6 is 0 Å². The van der Waals surface area contributed by atoms with Crippen LogP contribution in [0.4, 0.5) is 0 Å². The summed E-state index contributed by atoms with van der Waals surface area (Å²) in [5.41, 5.74) is 22.3. The van der Waals surface area contributed by atoms with Gasteiger partial charge in [-0.2, -0.15) is 0 Å². The van der Waals surface area contributed by atoms with Crippen LogP contribution in [0.25, 0.3) is 0 Å². The van der Waals surface area contributed by atoms with Crippen LogP contribution in [0.3, 0.4) is 0 Å². The first-order valence-corrected chi connectivity index (χ1v) is 26.5. The van der Waals surface area contributed by atoms with Crippen LogP contribution in [0.1, 0.15) is 135 Å². The monoisotopic (exact) mass is 1080 g/mol. The van der Waals surface area contributed by atoms with Crippen LogP contribution < -0.4 is 60.2 Å². The molecule has 0 saturated carbocycles. The molecule has 2 heterocycles. The Morgan fingerprint density at radius 1 is 0.584 bits per heavy atom. The first kappa shape index (κ1) is 63.9. The van der Waals surface area contributed by atoms with Gasteiger partial charge >= 0.3 is 0 Å². The van der Waals surface area contributed by atoms with Crippen LogP contribution in [0.5, 0.6) is 5.75 Å². The fraction of sp³-hybridized carbons (Fsp3) is 0.647. The predicted octanol–water partition coefficient (Wildman–Crippen LogP) is -2.59. The molecule has 2 fully saturated rings. The number of nitrogens with one attached hydrogen (secondary N) is 7. The summed E-state index contributed by atoms with van der Waals surface area (Å²) in [5, 5.41) is 37.2. The van der Waals surface area contributed by atoms with Crippen molar-refractivity contribution in [1.82, 2.24) is 42.1 Å². The molecule has 0 spiro atoms. The summed E-state index contributed by atoms with van der Waals surface area (Å²) in [4.78, 5) is 163. The molecule has 3 rings (SSSR count). The Hall–Kier alpha value is -7.38. The number of unbranched alkanes of at least 4 members (excludes halogenated alkanes) is 7. The lowest BCUT2D eigenvalue weighted by Gasteiger charge is -2.30. The number of hydrogen-bond acceptors (Lipinski definition) is 14. The number of phenols is 1. The van der Waals surface area contributed by atoms with Gasteiger partial charge in [0, 0.05) is 25.9 Å². The molecule has 17 N–H and O–H groups in total. The molecule has 26 nitrogen and oxygen atoms in total. The van der Waals surface area contributed by atoms with E-state index >= 15 is 0 Å². The van der Waals surface area contributed by atoms with Gasteiger partial charge in [-0.25, -0.2) is 0 Å². The third-order valence-electron chi connectivity index (χ3n) is 13.7. The third kappa shape index (κ3) is 22.8. The topological polar surface area (TPSA) is 437 Å². The predicted molar refractivity (Wildman–Crippen MR) is 277 cm³/mol. The molecule has 9 atom stereocenters. The average molecular weight is 1090 g/mol. The molecule has 0 radical (unpaired) electrons. The number of nitrogens with two attached hydrogens (primary N) is 4. The number of phenolic OH excluding ortho intramolecular Hbond substituents is 1. The number of carbonyl (C=O) groups is 12. The second-order valence-corrected chi connectivity index (χ2v) is 20.0. The molecule has 0 bridgehead atoms. The summed E-state index contributed by atoms with van der Waals surface area (Å²) >= 11 is 0. The number of aliphatic hydroxyl groups excluding tert-OH is 1. The Bertz CT molecular complexity index is 2230. The Labute approximate surface area is 447 Å². The van der Waals surface area contributed by atoms with E-state index in [1.807, 2.05) is 0 Å². The average Bonchev–Trinajstić information content (AvgIpc) is 3.87. The zero-order valence-corrected chi connectivity index (χ0v) is 44.1. The van der Waals surface area contributed by atoms with Gasteiger partial charge in [0.1, 0.15) is 48.0 Å². The molecule has 0 aromatic heterocycles. The molecule has 5 unspecified atom stereocenters. The van der Waals surface area contributed by atoms with Crippen LogP contribution in [0.2, 0.25) is 0 Å². The number of benzene rings is 1. The maximum absolute atomic E-state index is 14.3. The van der Waals surface area contributed by atoms with E-state index in [4.69, 9.17) is 22.9 Å². The molecule has 26 heteroatoms. The summed E-state index contributed by atoms with van der Waals surface area (Å²) in [7, 11) is 0. The highest BCUT2D eigenvalue weighted by Crippen LogP contribution is 2.21. The minimum absolute atomic E-state index is 0.0166. The lowest BCUT2D eigenvalue weighted by Crippen LogP contribution is -2.60. The Balaban J connectivity index is 2.10. The molecule has 12 amide bonds. The number of aliphatic hydroxyl groups is 1. The van der Waals surface area contributed by atoms with Gasteiger partial charge in [-0.1, -0.05) is 90.2 Å². The Morgan fingerprint density at radius 2 is 1.05 bits per heavy atom. The molecule has 2 aliphatic rings. The zero-order chi connectivity index (χ0) is 57.2. The highest BCUT2D eigenvalue weighted by molar-refractivity contribution is 6.00. The smallest absolute Gasteiger partial charge is 0.245 e. The zero-order valence-electron chi connectivity index (χ0n) is 44.1. The molecular formula is C51H80N12O14. The second kappa shape index (κ2) is 32.9. The molecule has 77 heavy (non-hydrogen) atoms. The second-order valence-electron chi connectivity index (χ2n) is 20.0. The Kier molecular flexibility index (Phi) is 27.3. The molecule has 0 aliphatic carbocycles. The molecule has 2 aliphatic heterocycles. The van der Waals surface area contributed by atoms with E-state index < -0.39 is 164 Å². The van der Waals surface area contributed by atoms with Gasteiger partial charge in [0.05, 0.1) is 31.8 Å². The number of primary amides is 4. The quantitative estimate of drug-likeness (QED) is 0.0473. The van der Waals surface area contributed by atoms with Crippen molar-refractivity contribution in [3.8, 4) is 5.75 Å². The number of rotatable bonds is 24. The van der Waals surface area contributed by atoms with Crippen molar-refractivity contribution in [2.24, 2.45) is 34.8 Å². The fourth-order valence-corrected chi connectivity index (χ4v) is 9.02. The number of amides is 12. The van der Waals surface area contributed by atoms with Crippen molar-refractivity contribution in [3.63, 3.8) is 0 Å². The van der Waals surface area contributed by atoms with E-state index in [1.54, 1.807) is 0 Å². The van der Waals surface area contributed by atoms with Gasteiger partial charge in [0.15, 0.2) is 0 Å². The molecule has 1 aromatic rings. The van der Waals surface area contributed by atoms with Crippen LogP contribution in [-0.2, 0) is 64.0 Å². The summed E-state index contributed by atoms with van der Waals surface area (Å²) in [6.07, 6.45) is 6.20. The minimum atomic E-state index is -1.85. The van der Waals surface area contributed by atoms with Crippen molar-refractivity contribution in [2.75, 3.05) is 19.7 Å². The highest BCUT2D eigenvalue weighted by Gasteiger charge is 2.41. The molecule has 1 aromatic carbocycles. The minimum Gasteiger partial charge on any atom is -0.508 e. The first-order chi connectivity index (χ1) is 36.5. The van der Waals surface area contributed by atoms with Gasteiger partial charge in [0.2, 0.25) is 70.9 Å². The van der Waals surface area contributed by atoms with E-state index in [9.17, 15) is 67.7 Å². The van der Waals surface area contributed by atoms with E-state index in [-0.39, 0.29) is 38.0 Å². The molecular weight excluding hydrogens is 1000 g/mol. The lowest BCUT2D eigenvalue weighted by atomic mass is 9.97. The third-order valence-corrected chi connectivity index (χ3v) is 13.7. The first-order valence-electron chi connectivity index (χ1n) is 26.5. The van der Waals surface area contributed by atoms with E-state index in [0.717, 1.165) is 49.8 Å². The number of carbonyl (C=O) groups excluding carboxylic acids is 12. The van der Waals surface area contributed by atoms with E-state index in [0.29, 0.717) is 24.3 Å². The SMILES string of the molecule is CCC(C)CCCCCCCCCCC1CNC(=O)[C@H](CC(N)=O)NC(=O)C(CO)NC(=O)[C@@H]2CCCN2C(=O)[C@H](CCC(N)=O)NC(=O)C(CC(N)=O)NC(=O)[C@@H](Cc2ccc(O)cc2)NC(=O)C(CC(N)=O)NC1=O. The van der Waals surface area contributed by atoms with Crippen molar-refractivity contribution >= 4 is 70.9 Å². The summed E-state index contributed by atoms with van der Waals surface area (Å²) in [5.74, 6) is -13.0. The standard InChI is InChI=1S/C51H80N12O14/c1-3-29(2)13-10-8-6-4-5-7-9-11-14-31-27-56-45(71)35(24-41(53)67)60-49(75)38(28-64)62-50(76)39-15-12-22-63(39)51(77)33(20-21-40(52)66)57-47(73)37(26-43(55)69)61-46(72)34(23-30-16-18-32(65)19-17-30)59-48(74)36(25-42(54)68)58-44(31)70/h16-19,29,31,33-39,64-65H,3-15,20-28H2,1-2H3,(H2,52,66)(H2,53,67)(H2,54,68)(H2,55,69)(H,56,71)(H,57,73)(H,58,70)(H,59,74)(H,60,75)(H,61,72)(H,62,76)/t29?,31?,33-,34+,35-,36?,37?,38?,39-/m0/s1. The van der Waals surface area contributed by atoms with Gasteiger partial charge < -0.3 is 75.3 Å². The number of fused-ring (bicyclic) bond motifs is 1. The largest absolute Gasteiger partial charge is 0.508 e. The maximum Gasteiger partial charge on any atom is 0.245 e. The van der Waals surface area contributed by atoms with Crippen LogP contribution in [-0.4, -0.2) is 148 Å². The van der Waals surface area contributed by atoms with Gasteiger partial charge in [-0.05, 0) is 49.3 Å². The number of nitrogens with zero attached hydrogens (tertiary/aromatic N) is 1. The number of hydrogen-bond donors (Lipinski definition) is 13. The van der Waals surface area contributed by atoms with E-state index in [2.05, 4.69) is 51.1 Å². The normalized spacial score (nSPS) is 24.0. The van der Waals surface area contributed by atoms with Crippen molar-refractivity contribution in [2.45, 2.75) is 178 Å². The van der Waals surface area contributed by atoms with E-state index in [1.165, 1.54) is 30.7 Å². The van der Waals surface area contributed by atoms with Crippen molar-refractivity contribution in [1.29, 1.82) is 0 Å². The summed E-state index contributed by atoms with van der Waals surface area (Å²) in [6, 6.07) is -6.31. The number of aromatic hydroxyl groups is 1. The Morgan fingerprint density at radius 3 is 1.58 bits per heavy atom. The van der Waals surface area contributed by atoms with Crippen LogP contribution in [0, 0.1) is 11.8 Å². The maximum atomic E-state index is 14.3. The van der Waals surface area contributed by atoms with Crippen molar-refractivity contribution in [3.05, 3.63) is 29.8 Å².